The second-order valence-electron chi connectivity index (χ2n) is 2.67. The largest absolute Gasteiger partial charge is 0.0651 e. The second kappa shape index (κ2) is 5.14. The summed E-state index contributed by atoms with van der Waals surface area (Å²) in [5.74, 6) is 0.873. The summed E-state index contributed by atoms with van der Waals surface area (Å²) < 4.78 is 0. The number of rotatable bonds is 4. The minimum atomic E-state index is 0.873. The molecule has 0 atom stereocenters. The lowest BCUT2D eigenvalue weighted by molar-refractivity contribution is 0.577. The molecule has 0 aromatic carbocycles. The number of hydrogen-bond donors (Lipinski definition) is 0. The lowest BCUT2D eigenvalue weighted by Gasteiger charge is -2.00. The molecule has 0 unspecified atom stereocenters. The van der Waals surface area contributed by atoms with E-state index in [-0.39, 0.29) is 0 Å². The van der Waals surface area contributed by atoms with Gasteiger partial charge in [0, 0.05) is 0 Å². The summed E-state index contributed by atoms with van der Waals surface area (Å²) in [6.45, 7) is 6.73. The van der Waals surface area contributed by atoms with Gasteiger partial charge in [-0.2, -0.15) is 0 Å². The van der Waals surface area contributed by atoms with E-state index in [1.807, 2.05) is 0 Å². The van der Waals surface area contributed by atoms with Crippen molar-refractivity contribution in [3.63, 3.8) is 0 Å². The van der Waals surface area contributed by atoms with Crippen LogP contribution in [0.3, 0.4) is 0 Å². The molecule has 0 amide bonds. The van der Waals surface area contributed by atoms with Crippen LogP contribution in [0.1, 0.15) is 40.0 Å². The van der Waals surface area contributed by atoms with E-state index in [1.54, 1.807) is 0 Å². The summed E-state index contributed by atoms with van der Waals surface area (Å²) >= 11 is 0. The zero-order valence-corrected chi connectivity index (χ0v) is 6.28. The molecule has 0 aliphatic carbocycles. The minimum absolute atomic E-state index is 0.873. The topological polar surface area (TPSA) is 0 Å². The van der Waals surface area contributed by atoms with Gasteiger partial charge in [-0.3, -0.25) is 0 Å². The standard InChI is InChI=1S/C8H17/c1-4-5-6-7-8(2)3/h5,8H,4,6-7H2,1-3H3. The van der Waals surface area contributed by atoms with Crippen molar-refractivity contribution in [1.29, 1.82) is 0 Å². The van der Waals surface area contributed by atoms with E-state index < -0.39 is 0 Å². The van der Waals surface area contributed by atoms with Crippen LogP contribution in [0.25, 0.3) is 0 Å². The first-order valence-corrected chi connectivity index (χ1v) is 3.59. The van der Waals surface area contributed by atoms with E-state index in [0.717, 1.165) is 5.92 Å². The van der Waals surface area contributed by atoms with E-state index in [2.05, 4.69) is 27.2 Å². The maximum Gasteiger partial charge on any atom is -0.0388 e. The predicted molar refractivity (Wildman–Crippen MR) is 38.7 cm³/mol. The van der Waals surface area contributed by atoms with Crippen molar-refractivity contribution in [3.8, 4) is 0 Å². The Labute approximate surface area is 53.3 Å². The van der Waals surface area contributed by atoms with Crippen LogP contribution in [-0.4, -0.2) is 0 Å². The number of unbranched alkanes of at least 4 members (excludes halogenated alkanes) is 2. The molecule has 0 rings (SSSR count). The van der Waals surface area contributed by atoms with Crippen molar-refractivity contribution in [2.75, 3.05) is 0 Å². The van der Waals surface area contributed by atoms with Crippen molar-refractivity contribution >= 4 is 0 Å². The molecular formula is C8H17. The summed E-state index contributed by atoms with van der Waals surface area (Å²) in [6.07, 6.45) is 6.23. The van der Waals surface area contributed by atoms with Crippen LogP contribution in [0.4, 0.5) is 0 Å². The summed E-state index contributed by atoms with van der Waals surface area (Å²) in [7, 11) is 0. The van der Waals surface area contributed by atoms with Crippen LogP contribution in [0.2, 0.25) is 0 Å². The Morgan fingerprint density at radius 3 is 2.38 bits per heavy atom. The molecule has 0 saturated carbocycles. The molecule has 0 heterocycles. The van der Waals surface area contributed by atoms with Crippen LogP contribution < -0.4 is 0 Å². The zero-order valence-electron chi connectivity index (χ0n) is 6.28. The molecule has 1 radical (unpaired) electrons. The van der Waals surface area contributed by atoms with Gasteiger partial charge in [0.15, 0.2) is 0 Å². The first-order chi connectivity index (χ1) is 3.77. The third-order valence-electron chi connectivity index (χ3n) is 1.24. The lowest BCUT2D eigenvalue weighted by atomic mass is 10.1. The molecular weight excluding hydrogens is 96.1 g/mol. The molecule has 0 aromatic rings. The van der Waals surface area contributed by atoms with Gasteiger partial charge in [-0.1, -0.05) is 33.6 Å². The van der Waals surface area contributed by atoms with E-state index >= 15 is 0 Å². The van der Waals surface area contributed by atoms with Gasteiger partial charge in [0.1, 0.15) is 0 Å². The molecule has 0 bridgehead atoms. The van der Waals surface area contributed by atoms with Crippen LogP contribution >= 0.6 is 0 Å². The Kier molecular flexibility index (Phi) is 5.14. The number of hydrogen-bond acceptors (Lipinski definition) is 0. The normalized spacial score (nSPS) is 10.5. The van der Waals surface area contributed by atoms with Crippen LogP contribution in [-0.2, 0) is 0 Å². The second-order valence-corrected chi connectivity index (χ2v) is 2.67. The highest BCUT2D eigenvalue weighted by Gasteiger charge is 1.90. The molecule has 0 heteroatoms. The zero-order chi connectivity index (χ0) is 6.41. The van der Waals surface area contributed by atoms with Crippen molar-refractivity contribution < 1.29 is 0 Å². The average molecular weight is 113 g/mol. The first kappa shape index (κ1) is 8.00. The van der Waals surface area contributed by atoms with Crippen LogP contribution in [0.5, 0.6) is 0 Å². The highest BCUT2D eigenvalue weighted by atomic mass is 14.0. The summed E-state index contributed by atoms with van der Waals surface area (Å²) in [4.78, 5) is 0. The minimum Gasteiger partial charge on any atom is -0.0651 e. The SMILES string of the molecule is CC[CH]CCC(C)C. The van der Waals surface area contributed by atoms with E-state index in [9.17, 15) is 0 Å². The molecule has 49 valence electrons. The highest BCUT2D eigenvalue weighted by molar-refractivity contribution is 4.61. The molecule has 0 saturated heterocycles. The van der Waals surface area contributed by atoms with Crippen molar-refractivity contribution in [1.82, 2.24) is 0 Å². The van der Waals surface area contributed by atoms with Crippen molar-refractivity contribution in [3.05, 3.63) is 6.42 Å². The maximum atomic E-state index is 2.35. The lowest BCUT2D eigenvalue weighted by Crippen LogP contribution is -1.85. The van der Waals surface area contributed by atoms with Crippen molar-refractivity contribution in [2.24, 2.45) is 5.92 Å². The smallest absolute Gasteiger partial charge is 0.0388 e. The fourth-order valence-electron chi connectivity index (χ4n) is 0.655. The Morgan fingerprint density at radius 1 is 1.38 bits per heavy atom. The van der Waals surface area contributed by atoms with Crippen molar-refractivity contribution in [2.45, 2.75) is 40.0 Å². The fourth-order valence-corrected chi connectivity index (χ4v) is 0.655. The summed E-state index contributed by atoms with van der Waals surface area (Å²) in [5.41, 5.74) is 0. The Morgan fingerprint density at radius 2 is 2.00 bits per heavy atom. The first-order valence-electron chi connectivity index (χ1n) is 3.59. The molecule has 8 heavy (non-hydrogen) atoms. The van der Waals surface area contributed by atoms with E-state index in [0.29, 0.717) is 0 Å². The monoisotopic (exact) mass is 113 g/mol. The Bertz CT molecular complexity index is 37.3. The van der Waals surface area contributed by atoms with Crippen LogP contribution in [0.15, 0.2) is 0 Å². The van der Waals surface area contributed by atoms with Gasteiger partial charge < -0.3 is 0 Å². The fraction of sp³-hybridized carbons (Fsp3) is 0.875. The van der Waals surface area contributed by atoms with Gasteiger partial charge >= 0.3 is 0 Å². The summed E-state index contributed by atoms with van der Waals surface area (Å²) in [5, 5.41) is 0. The van der Waals surface area contributed by atoms with Gasteiger partial charge in [-0.05, 0) is 18.8 Å². The quantitative estimate of drug-likeness (QED) is 0.491. The summed E-state index contributed by atoms with van der Waals surface area (Å²) in [6, 6.07) is 0. The molecule has 0 aromatic heterocycles. The van der Waals surface area contributed by atoms with Gasteiger partial charge in [0.05, 0.1) is 0 Å². The van der Waals surface area contributed by atoms with Crippen LogP contribution in [0, 0.1) is 12.3 Å². The maximum absolute atomic E-state index is 2.35. The van der Waals surface area contributed by atoms with Gasteiger partial charge in [-0.15, -0.1) is 0 Å². The Balaban J connectivity index is 2.72. The predicted octanol–water partition coefficient (Wildman–Crippen LogP) is 3.04. The molecule has 0 nitrogen and oxygen atoms in total. The molecule has 0 N–H and O–H groups in total. The van der Waals surface area contributed by atoms with E-state index in [4.69, 9.17) is 0 Å². The van der Waals surface area contributed by atoms with Gasteiger partial charge in [-0.25, -0.2) is 0 Å². The Hall–Kier alpha value is 0. The van der Waals surface area contributed by atoms with Gasteiger partial charge in [0.25, 0.3) is 0 Å². The molecule has 0 fully saturated rings. The molecule has 0 spiro atoms. The third-order valence-corrected chi connectivity index (χ3v) is 1.24. The highest BCUT2D eigenvalue weighted by Crippen LogP contribution is 2.05. The van der Waals surface area contributed by atoms with Gasteiger partial charge in [0.2, 0.25) is 0 Å². The molecule has 0 aliphatic rings. The third kappa shape index (κ3) is 6.00. The van der Waals surface area contributed by atoms with E-state index in [1.165, 1.54) is 19.3 Å². The molecule has 0 aliphatic heterocycles. The average Bonchev–Trinajstić information content (AvgIpc) is 1.66.